The summed E-state index contributed by atoms with van der Waals surface area (Å²) in [6, 6.07) is 15.9. The van der Waals surface area contributed by atoms with Crippen LogP contribution in [0.5, 0.6) is 11.5 Å². The van der Waals surface area contributed by atoms with E-state index in [9.17, 15) is 14.7 Å². The minimum absolute atomic E-state index is 0.0558. The van der Waals surface area contributed by atoms with Crippen molar-refractivity contribution in [3.63, 3.8) is 0 Å². The van der Waals surface area contributed by atoms with Crippen molar-refractivity contribution in [2.45, 2.75) is 51.4 Å². The van der Waals surface area contributed by atoms with E-state index in [0.717, 1.165) is 105 Å². The van der Waals surface area contributed by atoms with E-state index in [1.807, 2.05) is 0 Å². The molecule has 0 saturated carbocycles. The number of anilines is 1. The van der Waals surface area contributed by atoms with Crippen molar-refractivity contribution < 1.29 is 19.4 Å². The first-order chi connectivity index (χ1) is 24.5. The van der Waals surface area contributed by atoms with Crippen LogP contribution in [0.4, 0.5) is 11.4 Å². The van der Waals surface area contributed by atoms with Gasteiger partial charge in [0.15, 0.2) is 4.98 Å². The summed E-state index contributed by atoms with van der Waals surface area (Å²) in [7, 11) is 0. The maximum absolute atomic E-state index is 13.2. The maximum Gasteiger partial charge on any atom is 0.385 e. The fourth-order valence-corrected chi connectivity index (χ4v) is 8.73. The lowest BCUT2D eigenvalue weighted by Gasteiger charge is -2.39. The molecule has 0 aliphatic carbocycles. The molecule has 1 N–H and O–H groups in total. The van der Waals surface area contributed by atoms with Gasteiger partial charge in [-0.1, -0.05) is 6.07 Å². The number of hydrazone groups is 1. The lowest BCUT2D eigenvalue weighted by Crippen LogP contribution is -2.45. The highest BCUT2D eigenvalue weighted by molar-refractivity contribution is 6.02. The molecule has 248 valence electrons. The predicted octanol–water partition coefficient (Wildman–Crippen LogP) is 3.73. The zero-order chi connectivity index (χ0) is 33.9. The van der Waals surface area contributed by atoms with Gasteiger partial charge in [-0.15, -0.1) is 0 Å². The largest absolute Gasteiger partial charge is 0.545 e. The van der Waals surface area contributed by atoms with E-state index in [4.69, 9.17) is 10.1 Å². The van der Waals surface area contributed by atoms with E-state index in [1.54, 1.807) is 36.4 Å². The van der Waals surface area contributed by atoms with Gasteiger partial charge in [0.1, 0.15) is 24.6 Å². The average molecular weight is 664 g/mol. The Bertz CT molecular complexity index is 2350. The van der Waals surface area contributed by atoms with E-state index in [1.165, 1.54) is 45.6 Å². The van der Waals surface area contributed by atoms with Crippen LogP contribution in [-0.2, 0) is 25.7 Å². The molecule has 5 aliphatic rings. The van der Waals surface area contributed by atoms with Crippen LogP contribution in [0, 0.1) is 5.39 Å². The van der Waals surface area contributed by atoms with Gasteiger partial charge in [0.2, 0.25) is 10.8 Å². The number of ether oxygens (including phenoxy) is 1. The number of nitrogens with one attached hydrogen (secondary N) is 1. The van der Waals surface area contributed by atoms with Crippen LogP contribution in [-0.4, -0.2) is 44.3 Å². The Labute approximate surface area is 288 Å². The number of carboxylic acid groups (broad SMARTS) is 1. The topological polar surface area (TPSA) is 125 Å². The molecule has 0 bridgehead atoms. The molecule has 0 aromatic heterocycles. The molecule has 10 heteroatoms. The van der Waals surface area contributed by atoms with Crippen molar-refractivity contribution in [2.75, 3.05) is 31.1 Å². The Morgan fingerprint density at radius 1 is 0.880 bits per heavy atom. The third-order valence-electron chi connectivity index (χ3n) is 10.8. The third kappa shape index (κ3) is 4.87. The second-order valence-corrected chi connectivity index (χ2v) is 13.8. The van der Waals surface area contributed by atoms with E-state index in [0.29, 0.717) is 16.8 Å². The molecule has 0 spiro atoms. The Kier molecular flexibility index (Phi) is 7.23. The third-order valence-corrected chi connectivity index (χ3v) is 10.8. The Balaban J connectivity index is 1.22. The van der Waals surface area contributed by atoms with Crippen molar-refractivity contribution in [2.24, 2.45) is 5.10 Å². The maximum atomic E-state index is 13.2. The first-order valence-corrected chi connectivity index (χ1v) is 17.6. The number of aromatic carboxylic acids is 1. The summed E-state index contributed by atoms with van der Waals surface area (Å²) >= 11 is 0. The van der Waals surface area contributed by atoms with E-state index in [2.05, 4.69) is 37.1 Å². The Morgan fingerprint density at radius 3 is 2.44 bits per heavy atom. The van der Waals surface area contributed by atoms with Crippen LogP contribution in [0.1, 0.15) is 85.3 Å². The van der Waals surface area contributed by atoms with Crippen LogP contribution in [0.15, 0.2) is 59.7 Å². The van der Waals surface area contributed by atoms with Crippen LogP contribution >= 0.6 is 0 Å². The monoisotopic (exact) mass is 663 g/mol. The second kappa shape index (κ2) is 11.9. The van der Waals surface area contributed by atoms with Crippen molar-refractivity contribution >= 4 is 35.0 Å². The standard InChI is InChI=1S/C40H34N6O4/c41-43-27-12-9-23(10-13-27)22-42-44-39(47)26-11-14-28(31(21-26)40(48)49)34-32-19-24-5-1-15-45-17-3-7-29(35(24)45)37(32)50-38-30-8-4-18-46-16-2-6-25(36(30)46)20-33(34)38/h9-14,19-22H,1-8,15-18H2/p+1. The summed E-state index contributed by atoms with van der Waals surface area (Å²) in [5.74, 6) is -0.232. The summed E-state index contributed by atoms with van der Waals surface area (Å²) in [5.41, 5.74) is 12.2. The zero-order valence-corrected chi connectivity index (χ0v) is 27.6. The van der Waals surface area contributed by atoms with Gasteiger partial charge in [0.05, 0.1) is 17.7 Å². The highest BCUT2D eigenvalue weighted by atomic mass is 16.5. The fourth-order valence-electron chi connectivity index (χ4n) is 8.73. The van der Waals surface area contributed by atoms with Crippen LogP contribution < -0.4 is 35.3 Å². The SMILES string of the molecule is N#[N+]c1ccc(/C=N/NC(=O)c2ccc(C3=c4cc5c6c(c4Oc4c3cc3c7c4CCCN7CCC3)CCC[N+]=6CCC5)c(C(=O)[O-])c2)cc1. The predicted molar refractivity (Wildman–Crippen MR) is 187 cm³/mol. The van der Waals surface area contributed by atoms with Crippen molar-refractivity contribution in [1.29, 1.82) is 5.39 Å². The molecule has 0 atom stereocenters. The van der Waals surface area contributed by atoms with Gasteiger partial charge in [-0.25, -0.2) is 10.0 Å². The van der Waals surface area contributed by atoms with Gasteiger partial charge in [-0.05, 0) is 91.6 Å². The van der Waals surface area contributed by atoms with Gasteiger partial charge >= 0.3 is 5.69 Å². The molecule has 1 amide bonds. The first kappa shape index (κ1) is 30.3. The normalized spacial score (nSPS) is 16.8. The number of hydrogen-bond acceptors (Lipinski definition) is 7. The number of amides is 1. The molecule has 4 aromatic rings. The smallest absolute Gasteiger partial charge is 0.385 e. The van der Waals surface area contributed by atoms with E-state index < -0.39 is 11.9 Å². The van der Waals surface area contributed by atoms with Crippen LogP contribution in [0.3, 0.4) is 0 Å². The molecule has 0 fully saturated rings. The van der Waals surface area contributed by atoms with Gasteiger partial charge in [-0.2, -0.15) is 5.10 Å². The molecule has 0 saturated heterocycles. The minimum atomic E-state index is -1.36. The highest BCUT2D eigenvalue weighted by Crippen LogP contribution is 2.48. The number of carbonyl (C=O) groups is 2. The number of benzene rings is 4. The second-order valence-electron chi connectivity index (χ2n) is 13.8. The lowest BCUT2D eigenvalue weighted by molar-refractivity contribution is -0.255. The number of diazo groups is 1. The van der Waals surface area contributed by atoms with Gasteiger partial charge in [0, 0.05) is 82.4 Å². The minimum Gasteiger partial charge on any atom is -0.545 e. The van der Waals surface area contributed by atoms with Gasteiger partial charge < -0.3 is 19.5 Å². The number of carbonyl (C=O) groups excluding carboxylic acids is 2. The molecule has 4 aromatic carbocycles. The summed E-state index contributed by atoms with van der Waals surface area (Å²) in [6.07, 6.45) is 9.43. The number of hydrogen-bond donors (Lipinski definition) is 1. The Hall–Kier alpha value is -5.82. The molecule has 0 radical (unpaired) electrons. The number of nitrogens with zero attached hydrogens (tertiary/aromatic N) is 5. The summed E-state index contributed by atoms with van der Waals surface area (Å²) in [5, 5.41) is 28.1. The molecular formula is C40H35N6O4+. The van der Waals surface area contributed by atoms with Crippen molar-refractivity contribution in [3.8, 4) is 11.5 Å². The van der Waals surface area contributed by atoms with Crippen molar-refractivity contribution in [1.82, 2.24) is 10.0 Å². The number of fused-ring (bicyclic) bond motifs is 4. The van der Waals surface area contributed by atoms with Crippen LogP contribution in [0.25, 0.3) is 10.5 Å². The average Bonchev–Trinajstić information content (AvgIpc) is 3.15. The van der Waals surface area contributed by atoms with Gasteiger partial charge in [-0.3, -0.25) is 4.79 Å². The first-order valence-electron chi connectivity index (χ1n) is 17.6. The molecule has 5 aliphatic heterocycles. The van der Waals surface area contributed by atoms with Crippen LogP contribution in [0.2, 0.25) is 0 Å². The quantitative estimate of drug-likeness (QED) is 0.132. The number of carboxylic acids is 1. The lowest BCUT2D eigenvalue weighted by atomic mass is 9.81. The van der Waals surface area contributed by atoms with E-state index in [-0.39, 0.29) is 11.1 Å². The van der Waals surface area contributed by atoms with E-state index >= 15 is 0 Å². The molecule has 0 unspecified atom stereocenters. The Morgan fingerprint density at radius 2 is 1.64 bits per heavy atom. The summed E-state index contributed by atoms with van der Waals surface area (Å²) < 4.78 is 9.59. The molecule has 10 nitrogen and oxygen atoms in total. The summed E-state index contributed by atoms with van der Waals surface area (Å²) in [4.78, 5) is 31.8. The number of aryl methyl sites for hydroxylation is 2. The van der Waals surface area contributed by atoms with Gasteiger partial charge in [0.25, 0.3) is 5.91 Å². The number of rotatable bonds is 5. The fraction of sp³-hybridized carbons (Fsp3) is 0.300. The molecule has 9 rings (SSSR count). The molecule has 5 heterocycles. The highest BCUT2D eigenvalue weighted by Gasteiger charge is 2.36. The zero-order valence-electron chi connectivity index (χ0n) is 27.6. The van der Waals surface area contributed by atoms with Crippen molar-refractivity contribution in [3.05, 3.63) is 120 Å². The molecule has 50 heavy (non-hydrogen) atoms. The molecular weight excluding hydrogens is 628 g/mol. The summed E-state index contributed by atoms with van der Waals surface area (Å²) in [6.45, 7) is 4.14.